The van der Waals surface area contributed by atoms with Crippen molar-refractivity contribution in [3.63, 3.8) is 0 Å². The number of rotatable bonds is 5. The quantitative estimate of drug-likeness (QED) is 0.484. The van der Waals surface area contributed by atoms with E-state index in [9.17, 15) is 24.6 Å². The predicted octanol–water partition coefficient (Wildman–Crippen LogP) is 0.440. The largest absolute Gasteiger partial charge is 0.447 e. The average Bonchev–Trinajstić information content (AvgIpc) is 2.13. The van der Waals surface area contributed by atoms with Gasteiger partial charge in [-0.25, -0.2) is 14.4 Å². The first kappa shape index (κ1) is 17.2. The number of hydrogen-bond donors (Lipinski definition) is 3. The minimum absolute atomic E-state index is 1.59. The van der Waals surface area contributed by atoms with E-state index in [0.717, 1.165) is 0 Å². The highest BCUT2D eigenvalue weighted by molar-refractivity contribution is 6.62. The molecule has 0 heterocycles. The molecule has 0 aromatic heterocycles. The van der Waals surface area contributed by atoms with Gasteiger partial charge in [0.05, 0.1) is 0 Å². The molecule has 104 valence electrons. The maximum Gasteiger partial charge on any atom is 0.447 e. The van der Waals surface area contributed by atoms with Crippen LogP contribution in [0, 0.1) is 0 Å². The lowest BCUT2D eigenvalue weighted by atomic mass is 10.2. The van der Waals surface area contributed by atoms with Crippen LogP contribution in [-0.2, 0) is 14.2 Å². The van der Waals surface area contributed by atoms with Crippen molar-refractivity contribution in [2.24, 2.45) is 0 Å². The molecule has 0 aromatic rings. The van der Waals surface area contributed by atoms with Gasteiger partial charge < -0.3 is 29.5 Å². The number of halogens is 3. The Labute approximate surface area is 114 Å². The molecular formula is C6H5Cl3O9. The Morgan fingerprint density at radius 1 is 0.889 bits per heavy atom. The topological polar surface area (TPSA) is 140 Å². The third-order valence-electron chi connectivity index (χ3n) is 1.39. The standard InChI is InChI=1S/C6H5Cl3O9/c7-2(11)16-5(14,1-10)6(15,17-3(8)12)18-4(9)13/h10,14-15H,1H2. The molecule has 0 fully saturated rings. The van der Waals surface area contributed by atoms with Gasteiger partial charge in [-0.3, -0.25) is 0 Å². The number of carbonyl (C=O) groups excluding carboxylic acids is 3. The van der Waals surface area contributed by atoms with Gasteiger partial charge in [-0.2, -0.15) is 0 Å². The molecule has 0 saturated carbocycles. The first-order valence-electron chi connectivity index (χ1n) is 3.77. The lowest BCUT2D eigenvalue weighted by Gasteiger charge is -2.36. The first-order chi connectivity index (χ1) is 8.06. The summed E-state index contributed by atoms with van der Waals surface area (Å²) in [5, 5.41) is 27.8. The molecule has 9 nitrogen and oxygen atoms in total. The van der Waals surface area contributed by atoms with E-state index in [1.165, 1.54) is 0 Å². The van der Waals surface area contributed by atoms with E-state index in [0.29, 0.717) is 0 Å². The van der Waals surface area contributed by atoms with Gasteiger partial charge in [0, 0.05) is 34.8 Å². The Kier molecular flexibility index (Phi) is 6.07. The van der Waals surface area contributed by atoms with Crippen LogP contribution in [-0.4, -0.2) is 50.0 Å². The first-order valence-corrected chi connectivity index (χ1v) is 4.90. The van der Waals surface area contributed by atoms with E-state index in [1.807, 2.05) is 0 Å². The molecule has 1 unspecified atom stereocenters. The fraction of sp³-hybridized carbons (Fsp3) is 0.500. The summed E-state index contributed by atoms with van der Waals surface area (Å²) < 4.78 is 11.5. The summed E-state index contributed by atoms with van der Waals surface area (Å²) in [6.07, 6.45) is 0. The molecule has 0 saturated heterocycles. The van der Waals surface area contributed by atoms with Gasteiger partial charge >= 0.3 is 28.0 Å². The molecule has 0 amide bonds. The number of aliphatic hydroxyl groups excluding tert-OH is 1. The smallest absolute Gasteiger partial charge is 0.407 e. The summed E-state index contributed by atoms with van der Waals surface area (Å²) in [5.74, 6) is -7.15. The second-order valence-electron chi connectivity index (χ2n) is 2.54. The van der Waals surface area contributed by atoms with E-state index in [-0.39, 0.29) is 0 Å². The zero-order chi connectivity index (χ0) is 14.6. The van der Waals surface area contributed by atoms with E-state index in [1.54, 1.807) is 0 Å². The van der Waals surface area contributed by atoms with Gasteiger partial charge in [0.25, 0.3) is 0 Å². The zero-order valence-electron chi connectivity index (χ0n) is 8.13. The maximum absolute atomic E-state index is 10.5. The van der Waals surface area contributed by atoms with Gasteiger partial charge in [-0.05, 0) is 0 Å². The normalized spacial score (nSPS) is 14.3. The van der Waals surface area contributed by atoms with Crippen molar-refractivity contribution >= 4 is 51.1 Å². The minimum atomic E-state index is -3.70. The molecular weight excluding hydrogens is 322 g/mol. The summed E-state index contributed by atoms with van der Waals surface area (Å²) in [6.45, 7) is -1.59. The molecule has 0 spiro atoms. The lowest BCUT2D eigenvalue weighted by molar-refractivity contribution is -0.434. The Balaban J connectivity index is 5.41. The average molecular weight is 327 g/mol. The second-order valence-corrected chi connectivity index (χ2v) is 3.47. The Morgan fingerprint density at radius 2 is 1.22 bits per heavy atom. The van der Waals surface area contributed by atoms with Crippen LogP contribution in [0.5, 0.6) is 0 Å². The van der Waals surface area contributed by atoms with E-state index in [2.05, 4.69) is 14.2 Å². The number of hydrogen-bond acceptors (Lipinski definition) is 9. The van der Waals surface area contributed by atoms with Crippen LogP contribution in [0.3, 0.4) is 0 Å². The van der Waals surface area contributed by atoms with Crippen LogP contribution in [0.15, 0.2) is 0 Å². The monoisotopic (exact) mass is 326 g/mol. The maximum atomic E-state index is 10.5. The Bertz CT molecular complexity index is 342. The van der Waals surface area contributed by atoms with E-state index >= 15 is 0 Å². The third-order valence-corrected chi connectivity index (χ3v) is 1.63. The van der Waals surface area contributed by atoms with Gasteiger partial charge in [0.15, 0.2) is 0 Å². The van der Waals surface area contributed by atoms with Crippen LogP contribution < -0.4 is 0 Å². The molecule has 0 radical (unpaired) electrons. The van der Waals surface area contributed by atoms with E-state index < -0.39 is 34.7 Å². The summed E-state index contributed by atoms with van der Waals surface area (Å²) >= 11 is 14.2. The van der Waals surface area contributed by atoms with Crippen molar-refractivity contribution in [3.8, 4) is 0 Å². The lowest BCUT2D eigenvalue weighted by Crippen LogP contribution is -2.62. The molecule has 1 atom stereocenters. The van der Waals surface area contributed by atoms with Gasteiger partial charge in [0.1, 0.15) is 6.61 Å². The summed E-state index contributed by atoms with van der Waals surface area (Å²) in [7, 11) is 0. The fourth-order valence-electron chi connectivity index (χ4n) is 0.727. The highest BCUT2D eigenvalue weighted by Crippen LogP contribution is 2.29. The van der Waals surface area contributed by atoms with Crippen molar-refractivity contribution < 1.29 is 43.9 Å². The molecule has 0 rings (SSSR count). The van der Waals surface area contributed by atoms with Crippen LogP contribution >= 0.6 is 34.8 Å². The third kappa shape index (κ3) is 4.44. The van der Waals surface area contributed by atoms with Crippen molar-refractivity contribution in [3.05, 3.63) is 0 Å². The van der Waals surface area contributed by atoms with Crippen molar-refractivity contribution in [2.75, 3.05) is 6.61 Å². The fourth-order valence-corrected chi connectivity index (χ4v) is 1.06. The van der Waals surface area contributed by atoms with Crippen LogP contribution in [0.4, 0.5) is 14.4 Å². The number of aliphatic hydroxyl groups is 3. The van der Waals surface area contributed by atoms with Gasteiger partial charge in [-0.1, -0.05) is 0 Å². The van der Waals surface area contributed by atoms with Crippen LogP contribution in [0.25, 0.3) is 0 Å². The van der Waals surface area contributed by atoms with Gasteiger partial charge in [0.2, 0.25) is 0 Å². The second kappa shape index (κ2) is 6.36. The molecule has 0 aliphatic carbocycles. The summed E-state index contributed by atoms with van der Waals surface area (Å²) in [5.41, 5.74) is -5.30. The Hall–Kier alpha value is -0.840. The molecule has 18 heavy (non-hydrogen) atoms. The van der Waals surface area contributed by atoms with Gasteiger partial charge in [-0.15, -0.1) is 0 Å². The van der Waals surface area contributed by atoms with Crippen LogP contribution in [0.2, 0.25) is 0 Å². The highest BCUT2D eigenvalue weighted by Gasteiger charge is 2.61. The predicted molar refractivity (Wildman–Crippen MR) is 54.0 cm³/mol. The van der Waals surface area contributed by atoms with E-state index in [4.69, 9.17) is 39.9 Å². The van der Waals surface area contributed by atoms with Crippen molar-refractivity contribution in [2.45, 2.75) is 11.8 Å². The van der Waals surface area contributed by atoms with Crippen LogP contribution in [0.1, 0.15) is 0 Å². The number of ether oxygens (including phenoxy) is 3. The summed E-state index contributed by atoms with van der Waals surface area (Å²) in [4.78, 5) is 31.4. The molecule has 3 N–H and O–H groups in total. The minimum Gasteiger partial charge on any atom is -0.407 e. The molecule has 0 bridgehead atoms. The number of carbonyl (C=O) groups is 3. The molecule has 0 aliphatic heterocycles. The molecule has 0 aromatic carbocycles. The molecule has 12 heteroatoms. The zero-order valence-corrected chi connectivity index (χ0v) is 10.4. The molecule has 0 aliphatic rings. The SMILES string of the molecule is O=C(Cl)OC(O)(CO)C(O)(OC(=O)Cl)OC(=O)Cl. The van der Waals surface area contributed by atoms with Crippen molar-refractivity contribution in [1.29, 1.82) is 0 Å². The highest BCUT2D eigenvalue weighted by atomic mass is 35.5. The summed E-state index contributed by atoms with van der Waals surface area (Å²) in [6, 6.07) is 0. The Morgan fingerprint density at radius 3 is 1.44 bits per heavy atom. The van der Waals surface area contributed by atoms with Crippen molar-refractivity contribution in [1.82, 2.24) is 0 Å².